The van der Waals surface area contributed by atoms with E-state index in [1.54, 1.807) is 31.4 Å². The number of nitrogens with one attached hydrogen (secondary N) is 1. The molecule has 0 saturated heterocycles. The maximum absolute atomic E-state index is 11.7. The molecule has 27 heavy (non-hydrogen) atoms. The number of aromatic amines is 1. The molecule has 2 aromatic heterocycles. The van der Waals surface area contributed by atoms with Crippen molar-refractivity contribution in [2.75, 3.05) is 20.0 Å². The molecule has 4 rings (SSSR count). The summed E-state index contributed by atoms with van der Waals surface area (Å²) in [5.74, 6) is 0.864. The SMILES string of the molecule is COC(=O)c1cccc(-c2noc(-c3[nH]c4cc(OC)ccc4c3N)n2)c1. The number of benzene rings is 2. The van der Waals surface area contributed by atoms with Crippen LogP contribution in [0, 0.1) is 0 Å². The Morgan fingerprint density at radius 2 is 2.04 bits per heavy atom. The van der Waals surface area contributed by atoms with Crippen molar-refractivity contribution in [1.82, 2.24) is 15.1 Å². The first-order valence-electron chi connectivity index (χ1n) is 8.08. The molecular weight excluding hydrogens is 348 g/mol. The zero-order valence-corrected chi connectivity index (χ0v) is 14.6. The smallest absolute Gasteiger partial charge is 0.337 e. The highest BCUT2D eigenvalue weighted by Crippen LogP contribution is 2.34. The lowest BCUT2D eigenvalue weighted by atomic mass is 10.1. The highest BCUT2D eigenvalue weighted by atomic mass is 16.5. The fraction of sp³-hybridized carbons (Fsp3) is 0.105. The predicted molar refractivity (Wildman–Crippen MR) is 99.3 cm³/mol. The second-order valence-electron chi connectivity index (χ2n) is 5.82. The van der Waals surface area contributed by atoms with Crippen molar-refractivity contribution in [1.29, 1.82) is 0 Å². The van der Waals surface area contributed by atoms with Gasteiger partial charge >= 0.3 is 5.97 Å². The van der Waals surface area contributed by atoms with Crippen molar-refractivity contribution in [3.63, 3.8) is 0 Å². The number of fused-ring (bicyclic) bond motifs is 1. The zero-order chi connectivity index (χ0) is 19.0. The van der Waals surface area contributed by atoms with Crippen molar-refractivity contribution in [2.45, 2.75) is 0 Å². The number of nitrogens with two attached hydrogens (primary N) is 1. The summed E-state index contributed by atoms with van der Waals surface area (Å²) in [6.45, 7) is 0. The summed E-state index contributed by atoms with van der Waals surface area (Å²) in [6.07, 6.45) is 0. The lowest BCUT2D eigenvalue weighted by molar-refractivity contribution is 0.0601. The highest BCUT2D eigenvalue weighted by Gasteiger charge is 2.18. The summed E-state index contributed by atoms with van der Waals surface area (Å²) in [5.41, 5.74) is 9.10. The number of nitrogen functional groups attached to an aromatic ring is 1. The molecule has 2 heterocycles. The van der Waals surface area contributed by atoms with E-state index in [1.165, 1.54) is 7.11 Å². The van der Waals surface area contributed by atoms with Crippen LogP contribution in [-0.2, 0) is 4.74 Å². The number of hydrogen-bond acceptors (Lipinski definition) is 7. The minimum atomic E-state index is -0.436. The van der Waals surface area contributed by atoms with E-state index in [0.717, 1.165) is 10.9 Å². The van der Waals surface area contributed by atoms with Crippen molar-refractivity contribution < 1.29 is 18.8 Å². The van der Waals surface area contributed by atoms with Crippen LogP contribution in [0.2, 0.25) is 0 Å². The van der Waals surface area contributed by atoms with Crippen LogP contribution in [-0.4, -0.2) is 35.3 Å². The third-order valence-corrected chi connectivity index (χ3v) is 4.23. The number of anilines is 1. The van der Waals surface area contributed by atoms with Gasteiger partial charge in [-0.3, -0.25) is 0 Å². The van der Waals surface area contributed by atoms with Crippen LogP contribution >= 0.6 is 0 Å². The van der Waals surface area contributed by atoms with Gasteiger partial charge in [0.05, 0.1) is 31.0 Å². The van der Waals surface area contributed by atoms with E-state index in [2.05, 4.69) is 15.1 Å². The fourth-order valence-electron chi connectivity index (χ4n) is 2.84. The van der Waals surface area contributed by atoms with Crippen molar-refractivity contribution in [2.24, 2.45) is 0 Å². The largest absolute Gasteiger partial charge is 0.497 e. The molecule has 0 fully saturated rings. The molecular formula is C19H16N4O4. The Hall–Kier alpha value is -3.81. The van der Waals surface area contributed by atoms with Crippen LogP contribution in [0.1, 0.15) is 10.4 Å². The lowest BCUT2D eigenvalue weighted by Crippen LogP contribution is -2.00. The van der Waals surface area contributed by atoms with Gasteiger partial charge in [-0.2, -0.15) is 4.98 Å². The molecule has 0 saturated carbocycles. The van der Waals surface area contributed by atoms with Crippen LogP contribution in [0.5, 0.6) is 5.75 Å². The zero-order valence-electron chi connectivity index (χ0n) is 14.6. The number of H-pyrrole nitrogens is 1. The molecule has 2 aromatic carbocycles. The topological polar surface area (TPSA) is 116 Å². The van der Waals surface area contributed by atoms with Crippen LogP contribution in [0.4, 0.5) is 5.69 Å². The van der Waals surface area contributed by atoms with E-state index >= 15 is 0 Å². The standard InChI is InChI=1S/C19H16N4O4/c1-25-12-6-7-13-14(9-12)21-16(15(13)20)18-22-17(23-27-18)10-4-3-5-11(8-10)19(24)26-2/h3-9,21H,20H2,1-2H3. The summed E-state index contributed by atoms with van der Waals surface area (Å²) < 4.78 is 15.3. The van der Waals surface area contributed by atoms with Crippen molar-refractivity contribution in [3.8, 4) is 28.7 Å². The number of ether oxygens (including phenoxy) is 2. The Morgan fingerprint density at radius 1 is 1.19 bits per heavy atom. The number of methoxy groups -OCH3 is 2. The molecule has 0 aliphatic heterocycles. The van der Waals surface area contributed by atoms with E-state index in [9.17, 15) is 4.79 Å². The Morgan fingerprint density at radius 3 is 2.81 bits per heavy atom. The molecule has 0 aliphatic rings. The third kappa shape index (κ3) is 2.86. The van der Waals surface area contributed by atoms with Gasteiger partial charge in [0.25, 0.3) is 5.89 Å². The second-order valence-corrected chi connectivity index (χ2v) is 5.82. The van der Waals surface area contributed by atoms with E-state index in [-0.39, 0.29) is 5.89 Å². The van der Waals surface area contributed by atoms with E-state index in [0.29, 0.717) is 34.1 Å². The Bertz CT molecular complexity index is 1150. The van der Waals surface area contributed by atoms with Crippen molar-refractivity contribution in [3.05, 3.63) is 48.0 Å². The molecule has 0 amide bonds. The second kappa shape index (κ2) is 6.49. The number of esters is 1. The maximum atomic E-state index is 11.7. The van der Waals surface area contributed by atoms with E-state index in [4.69, 9.17) is 19.7 Å². The summed E-state index contributed by atoms with van der Waals surface area (Å²) in [6, 6.07) is 12.3. The molecule has 0 radical (unpaired) electrons. The highest BCUT2D eigenvalue weighted by molar-refractivity contribution is 5.99. The number of aromatic nitrogens is 3. The van der Waals surface area contributed by atoms with Crippen LogP contribution in [0.3, 0.4) is 0 Å². The molecule has 0 spiro atoms. The van der Waals surface area contributed by atoms with Crippen LogP contribution in [0.15, 0.2) is 47.0 Å². The molecule has 3 N–H and O–H groups in total. The quantitative estimate of drug-likeness (QED) is 0.534. The summed E-state index contributed by atoms with van der Waals surface area (Å²) in [5, 5.41) is 4.83. The van der Waals surface area contributed by atoms with Crippen LogP contribution < -0.4 is 10.5 Å². The van der Waals surface area contributed by atoms with Gasteiger partial charge in [-0.15, -0.1) is 0 Å². The number of nitrogens with zero attached hydrogens (tertiary/aromatic N) is 2. The predicted octanol–water partition coefficient (Wildman–Crippen LogP) is 3.26. The fourth-order valence-corrected chi connectivity index (χ4v) is 2.84. The summed E-state index contributed by atoms with van der Waals surface area (Å²) in [4.78, 5) is 19.3. The molecule has 0 aliphatic carbocycles. The van der Waals surface area contributed by atoms with Gasteiger partial charge in [-0.1, -0.05) is 17.3 Å². The summed E-state index contributed by atoms with van der Waals surface area (Å²) in [7, 11) is 2.93. The number of hydrogen-bond donors (Lipinski definition) is 2. The van der Waals surface area contributed by atoms with Crippen LogP contribution in [0.25, 0.3) is 33.9 Å². The minimum absolute atomic E-state index is 0.251. The molecule has 4 aromatic rings. The number of carbonyl (C=O) groups is 1. The Balaban J connectivity index is 1.74. The van der Waals surface area contributed by atoms with Gasteiger partial charge in [0.2, 0.25) is 5.82 Å². The van der Waals surface area contributed by atoms with Crippen molar-refractivity contribution >= 4 is 22.6 Å². The average molecular weight is 364 g/mol. The maximum Gasteiger partial charge on any atom is 0.337 e. The van der Waals surface area contributed by atoms with Gasteiger partial charge in [0, 0.05) is 17.0 Å². The Kier molecular flexibility index (Phi) is 4.00. The minimum Gasteiger partial charge on any atom is -0.497 e. The first-order valence-corrected chi connectivity index (χ1v) is 8.08. The first kappa shape index (κ1) is 16.6. The number of carbonyl (C=O) groups excluding carboxylic acids is 1. The van der Waals surface area contributed by atoms with Gasteiger partial charge < -0.3 is 24.7 Å². The monoisotopic (exact) mass is 364 g/mol. The van der Waals surface area contributed by atoms with Gasteiger partial charge in [-0.25, -0.2) is 4.79 Å². The molecule has 8 nitrogen and oxygen atoms in total. The molecule has 0 atom stereocenters. The Labute approximate surface area is 153 Å². The average Bonchev–Trinajstić information content (AvgIpc) is 3.32. The lowest BCUT2D eigenvalue weighted by Gasteiger charge is -2.00. The normalized spacial score (nSPS) is 10.9. The van der Waals surface area contributed by atoms with Gasteiger partial charge in [0.1, 0.15) is 11.4 Å². The molecule has 8 heteroatoms. The summed E-state index contributed by atoms with van der Waals surface area (Å²) >= 11 is 0. The van der Waals surface area contributed by atoms with E-state index in [1.807, 2.05) is 18.2 Å². The molecule has 0 bridgehead atoms. The van der Waals surface area contributed by atoms with Gasteiger partial charge in [0.15, 0.2) is 0 Å². The van der Waals surface area contributed by atoms with Gasteiger partial charge in [-0.05, 0) is 24.3 Å². The molecule has 136 valence electrons. The van der Waals surface area contributed by atoms with E-state index < -0.39 is 5.97 Å². The molecule has 0 unspecified atom stereocenters. The third-order valence-electron chi connectivity index (χ3n) is 4.23. The number of rotatable bonds is 4. The first-order chi connectivity index (χ1) is 13.1.